The Kier molecular flexibility index (Phi) is 7.87. The number of rotatable bonds is 8. The minimum Gasteiger partial charge on any atom is -0.329 e. The van der Waals surface area contributed by atoms with Crippen LogP contribution in [0.25, 0.3) is 5.69 Å². The number of aromatic nitrogens is 2. The first-order chi connectivity index (χ1) is 16.1. The molecule has 1 N–H and O–H groups in total. The van der Waals surface area contributed by atoms with E-state index in [4.69, 9.17) is 5.10 Å². The van der Waals surface area contributed by atoms with Crippen LogP contribution in [0.1, 0.15) is 62.2 Å². The topological polar surface area (TPSA) is 67.2 Å². The fourth-order valence-corrected chi connectivity index (χ4v) is 3.58. The second-order valence-corrected chi connectivity index (χ2v) is 9.50. The van der Waals surface area contributed by atoms with Crippen LogP contribution in [0.3, 0.4) is 0 Å². The lowest BCUT2D eigenvalue weighted by atomic mass is 9.92. The summed E-state index contributed by atoms with van der Waals surface area (Å²) in [6.07, 6.45) is 1.60. The molecular formula is C27H33FN4O2. The van der Waals surface area contributed by atoms with Crippen molar-refractivity contribution in [1.82, 2.24) is 14.7 Å². The monoisotopic (exact) mass is 464 g/mol. The molecule has 2 amide bonds. The number of benzene rings is 2. The van der Waals surface area contributed by atoms with Crippen LogP contribution in [0.2, 0.25) is 0 Å². The van der Waals surface area contributed by atoms with Gasteiger partial charge in [0.2, 0.25) is 5.91 Å². The zero-order valence-electron chi connectivity index (χ0n) is 20.6. The molecule has 0 bridgehead atoms. The SMILES string of the molecule is CCCCN(CC(=O)Nc1cc(C(C)(C)C)nn1-c1ccccc1C)C(=O)c1cccc(F)c1. The molecule has 1 aromatic heterocycles. The third kappa shape index (κ3) is 6.10. The lowest BCUT2D eigenvalue weighted by Gasteiger charge is -2.22. The number of unbranched alkanes of at least 4 members (excludes halogenated alkanes) is 1. The molecule has 0 saturated carbocycles. The van der Waals surface area contributed by atoms with Crippen molar-refractivity contribution in [2.75, 3.05) is 18.4 Å². The predicted molar refractivity (Wildman–Crippen MR) is 133 cm³/mol. The van der Waals surface area contributed by atoms with E-state index in [0.29, 0.717) is 12.4 Å². The second-order valence-electron chi connectivity index (χ2n) is 9.50. The first-order valence-electron chi connectivity index (χ1n) is 11.6. The van der Waals surface area contributed by atoms with Gasteiger partial charge in [-0.15, -0.1) is 0 Å². The number of amides is 2. The number of hydrogen-bond donors (Lipinski definition) is 1. The highest BCUT2D eigenvalue weighted by molar-refractivity contribution is 5.99. The van der Waals surface area contributed by atoms with Gasteiger partial charge in [-0.05, 0) is 43.2 Å². The highest BCUT2D eigenvalue weighted by Gasteiger charge is 2.24. The normalized spacial score (nSPS) is 11.4. The summed E-state index contributed by atoms with van der Waals surface area (Å²) < 4.78 is 15.4. The van der Waals surface area contributed by atoms with Crippen molar-refractivity contribution in [3.05, 3.63) is 77.2 Å². The van der Waals surface area contributed by atoms with E-state index in [2.05, 4.69) is 26.1 Å². The molecule has 0 atom stereocenters. The number of hydrogen-bond acceptors (Lipinski definition) is 3. The van der Waals surface area contributed by atoms with Crippen molar-refractivity contribution in [1.29, 1.82) is 0 Å². The van der Waals surface area contributed by atoms with Crippen LogP contribution < -0.4 is 5.32 Å². The maximum absolute atomic E-state index is 13.7. The third-order valence-electron chi connectivity index (χ3n) is 5.56. The summed E-state index contributed by atoms with van der Waals surface area (Å²) in [7, 11) is 0. The molecule has 180 valence electrons. The zero-order chi connectivity index (χ0) is 24.9. The lowest BCUT2D eigenvalue weighted by Crippen LogP contribution is -2.39. The molecule has 0 aliphatic rings. The summed E-state index contributed by atoms with van der Waals surface area (Å²) in [6, 6.07) is 15.2. The summed E-state index contributed by atoms with van der Waals surface area (Å²) >= 11 is 0. The largest absolute Gasteiger partial charge is 0.329 e. The average Bonchev–Trinajstić information content (AvgIpc) is 3.20. The Labute approximate surface area is 200 Å². The van der Waals surface area contributed by atoms with E-state index in [1.165, 1.54) is 23.1 Å². The fraction of sp³-hybridized carbons (Fsp3) is 0.370. The van der Waals surface area contributed by atoms with Crippen LogP contribution in [-0.4, -0.2) is 39.6 Å². The van der Waals surface area contributed by atoms with E-state index in [1.54, 1.807) is 10.7 Å². The summed E-state index contributed by atoms with van der Waals surface area (Å²) in [5.74, 6) is -0.651. The molecule has 3 rings (SSSR count). The first-order valence-corrected chi connectivity index (χ1v) is 11.6. The minimum atomic E-state index is -0.484. The molecule has 7 heteroatoms. The molecule has 0 unspecified atom stereocenters. The Balaban J connectivity index is 1.87. The number of halogens is 1. The molecule has 0 spiro atoms. The summed E-state index contributed by atoms with van der Waals surface area (Å²) in [5.41, 5.74) is 2.74. The van der Waals surface area contributed by atoms with Crippen molar-refractivity contribution in [2.24, 2.45) is 0 Å². The number of anilines is 1. The Hall–Kier alpha value is -3.48. The number of carbonyl (C=O) groups excluding carboxylic acids is 2. The highest BCUT2D eigenvalue weighted by atomic mass is 19.1. The first kappa shape index (κ1) is 25.1. The van der Waals surface area contributed by atoms with E-state index in [0.717, 1.165) is 29.8 Å². The van der Waals surface area contributed by atoms with Crippen LogP contribution in [0, 0.1) is 12.7 Å². The van der Waals surface area contributed by atoms with Crippen LogP contribution in [0.5, 0.6) is 0 Å². The lowest BCUT2D eigenvalue weighted by molar-refractivity contribution is -0.117. The van der Waals surface area contributed by atoms with Crippen molar-refractivity contribution in [2.45, 2.75) is 52.9 Å². The smallest absolute Gasteiger partial charge is 0.254 e. The van der Waals surface area contributed by atoms with Crippen molar-refractivity contribution in [3.8, 4) is 5.69 Å². The molecule has 0 aliphatic heterocycles. The molecule has 34 heavy (non-hydrogen) atoms. The quantitative estimate of drug-likeness (QED) is 0.479. The second kappa shape index (κ2) is 10.6. The third-order valence-corrected chi connectivity index (χ3v) is 5.56. The van der Waals surface area contributed by atoms with Gasteiger partial charge in [0.15, 0.2) is 0 Å². The predicted octanol–water partition coefficient (Wildman–Crippen LogP) is 5.50. The van der Waals surface area contributed by atoms with Crippen LogP contribution in [-0.2, 0) is 10.2 Å². The zero-order valence-corrected chi connectivity index (χ0v) is 20.6. The van der Waals surface area contributed by atoms with Crippen molar-refractivity contribution in [3.63, 3.8) is 0 Å². The number of para-hydroxylation sites is 1. The van der Waals surface area contributed by atoms with Gasteiger partial charge >= 0.3 is 0 Å². The summed E-state index contributed by atoms with van der Waals surface area (Å²) in [4.78, 5) is 27.6. The van der Waals surface area contributed by atoms with Crippen molar-refractivity contribution >= 4 is 17.6 Å². The number of aryl methyl sites for hydroxylation is 1. The van der Waals surface area contributed by atoms with Gasteiger partial charge in [-0.1, -0.05) is 58.4 Å². The number of carbonyl (C=O) groups is 2. The Morgan fingerprint density at radius 2 is 1.82 bits per heavy atom. The van der Waals surface area contributed by atoms with E-state index in [-0.39, 0.29) is 29.3 Å². The molecule has 0 radical (unpaired) electrons. The van der Waals surface area contributed by atoms with Gasteiger partial charge in [-0.25, -0.2) is 9.07 Å². The summed E-state index contributed by atoms with van der Waals surface area (Å²) in [5, 5.41) is 7.71. The van der Waals surface area contributed by atoms with Gasteiger partial charge in [0, 0.05) is 23.6 Å². The molecule has 0 aliphatic carbocycles. The Morgan fingerprint density at radius 3 is 2.47 bits per heavy atom. The van der Waals surface area contributed by atoms with Gasteiger partial charge in [0.1, 0.15) is 18.2 Å². The van der Waals surface area contributed by atoms with Crippen LogP contribution >= 0.6 is 0 Å². The van der Waals surface area contributed by atoms with E-state index in [9.17, 15) is 14.0 Å². The highest BCUT2D eigenvalue weighted by Crippen LogP contribution is 2.27. The fourth-order valence-electron chi connectivity index (χ4n) is 3.58. The maximum Gasteiger partial charge on any atom is 0.254 e. The average molecular weight is 465 g/mol. The Morgan fingerprint density at radius 1 is 1.09 bits per heavy atom. The molecule has 0 fully saturated rings. The van der Waals surface area contributed by atoms with Gasteiger partial charge < -0.3 is 10.2 Å². The molecule has 0 saturated heterocycles. The molecule has 2 aromatic carbocycles. The molecular weight excluding hydrogens is 431 g/mol. The van der Waals surface area contributed by atoms with Crippen molar-refractivity contribution < 1.29 is 14.0 Å². The molecule has 6 nitrogen and oxygen atoms in total. The van der Waals surface area contributed by atoms with E-state index >= 15 is 0 Å². The van der Waals surface area contributed by atoms with Crippen LogP contribution in [0.15, 0.2) is 54.6 Å². The van der Waals surface area contributed by atoms with E-state index in [1.807, 2.05) is 44.2 Å². The van der Waals surface area contributed by atoms with E-state index < -0.39 is 5.82 Å². The van der Waals surface area contributed by atoms with Gasteiger partial charge in [-0.2, -0.15) is 5.10 Å². The number of nitrogens with one attached hydrogen (secondary N) is 1. The Bertz CT molecular complexity index is 1160. The van der Waals surface area contributed by atoms with Crippen LogP contribution in [0.4, 0.5) is 10.2 Å². The molecule has 3 aromatic rings. The number of nitrogens with zero attached hydrogens (tertiary/aromatic N) is 3. The van der Waals surface area contributed by atoms with Gasteiger partial charge in [0.05, 0.1) is 11.4 Å². The molecule has 1 heterocycles. The standard InChI is InChI=1S/C27H33FN4O2/c1-6-7-15-31(26(34)20-12-10-13-21(28)16-20)18-25(33)29-24-17-23(27(3,4)5)30-32(24)22-14-9-8-11-19(22)2/h8-14,16-17H,6-7,15,18H2,1-5H3,(H,29,33). The summed E-state index contributed by atoms with van der Waals surface area (Å²) in [6.45, 7) is 10.5. The minimum absolute atomic E-state index is 0.140. The van der Waals surface area contributed by atoms with Gasteiger partial charge in [0.25, 0.3) is 5.91 Å². The maximum atomic E-state index is 13.7. The van der Waals surface area contributed by atoms with Gasteiger partial charge in [-0.3, -0.25) is 9.59 Å².